The van der Waals surface area contributed by atoms with Gasteiger partial charge in [-0.05, 0) is 50.6 Å². The molecular weight excluding hydrogens is 359 g/mol. The first-order valence-corrected chi connectivity index (χ1v) is 9.25. The van der Waals surface area contributed by atoms with Crippen molar-refractivity contribution in [1.82, 2.24) is 19.8 Å². The Kier molecular flexibility index (Phi) is 6.80. The van der Waals surface area contributed by atoms with Gasteiger partial charge in [0.2, 0.25) is 5.91 Å². The van der Waals surface area contributed by atoms with Gasteiger partial charge in [-0.25, -0.2) is 4.98 Å². The number of aromatic nitrogens is 2. The monoisotopic (exact) mass is 388 g/mol. The van der Waals surface area contributed by atoms with Gasteiger partial charge in [0, 0.05) is 37.8 Å². The summed E-state index contributed by atoms with van der Waals surface area (Å²) in [5.74, 6) is 1.87. The van der Waals surface area contributed by atoms with Gasteiger partial charge in [0.1, 0.15) is 5.82 Å². The molecule has 5 nitrogen and oxygen atoms in total. The van der Waals surface area contributed by atoms with Gasteiger partial charge >= 0.3 is 0 Å². The van der Waals surface area contributed by atoms with E-state index in [9.17, 15) is 4.79 Å². The summed E-state index contributed by atoms with van der Waals surface area (Å²) < 4.78 is 2.30. The molecule has 1 aromatic heterocycles. The predicted molar refractivity (Wildman–Crippen MR) is 104 cm³/mol. The number of piperidine rings is 2. The van der Waals surface area contributed by atoms with E-state index in [2.05, 4.69) is 32.9 Å². The molecule has 7 heteroatoms. The fourth-order valence-electron chi connectivity index (χ4n) is 4.73. The maximum Gasteiger partial charge on any atom is 0.226 e. The molecule has 3 aliphatic rings. The molecular formula is C18H30Cl2N4O. The van der Waals surface area contributed by atoms with Crippen molar-refractivity contribution in [2.75, 3.05) is 26.2 Å². The highest BCUT2D eigenvalue weighted by atomic mass is 35.5. The predicted octanol–water partition coefficient (Wildman–Crippen LogP) is 2.84. The van der Waals surface area contributed by atoms with Gasteiger partial charge in [-0.3, -0.25) is 4.79 Å². The number of rotatable bonds is 3. The maximum absolute atomic E-state index is 13.0. The first-order chi connectivity index (χ1) is 11.2. The van der Waals surface area contributed by atoms with Crippen LogP contribution < -0.4 is 5.32 Å². The SMILES string of the molecule is CCc1nccn1C1CCCN(C(=O)C2CC23CCNCC3)C1.Cl.Cl. The molecule has 0 aromatic carbocycles. The van der Waals surface area contributed by atoms with Crippen LogP contribution >= 0.6 is 24.8 Å². The van der Waals surface area contributed by atoms with Crippen molar-refractivity contribution in [2.24, 2.45) is 11.3 Å². The maximum atomic E-state index is 13.0. The van der Waals surface area contributed by atoms with E-state index in [1.807, 2.05) is 6.20 Å². The number of hydrogen-bond donors (Lipinski definition) is 1. The van der Waals surface area contributed by atoms with Crippen LogP contribution in [0.4, 0.5) is 0 Å². The van der Waals surface area contributed by atoms with Crippen LogP contribution in [0.15, 0.2) is 12.4 Å². The molecule has 0 bridgehead atoms. The van der Waals surface area contributed by atoms with Crippen molar-refractivity contribution < 1.29 is 4.79 Å². The molecule has 4 rings (SSSR count). The lowest BCUT2D eigenvalue weighted by Crippen LogP contribution is -2.43. The van der Waals surface area contributed by atoms with Crippen LogP contribution in [-0.2, 0) is 11.2 Å². The first kappa shape index (κ1) is 20.5. The molecule has 2 aliphatic heterocycles. The molecule has 142 valence electrons. The Morgan fingerprint density at radius 3 is 2.84 bits per heavy atom. The fourth-order valence-corrected chi connectivity index (χ4v) is 4.73. The third-order valence-electron chi connectivity index (χ3n) is 6.25. The van der Waals surface area contributed by atoms with Crippen molar-refractivity contribution in [2.45, 2.75) is 51.5 Å². The zero-order chi connectivity index (χ0) is 15.9. The van der Waals surface area contributed by atoms with E-state index in [4.69, 9.17) is 0 Å². The van der Waals surface area contributed by atoms with E-state index in [0.717, 1.165) is 57.7 Å². The van der Waals surface area contributed by atoms with Crippen LogP contribution in [0.5, 0.6) is 0 Å². The highest BCUT2D eigenvalue weighted by Gasteiger charge is 2.58. The molecule has 0 radical (unpaired) electrons. The normalized spacial score (nSPS) is 27.3. The highest BCUT2D eigenvalue weighted by Crippen LogP contribution is 2.59. The number of halogens is 2. The first-order valence-electron chi connectivity index (χ1n) is 9.25. The highest BCUT2D eigenvalue weighted by molar-refractivity contribution is 5.85. The van der Waals surface area contributed by atoms with Gasteiger partial charge < -0.3 is 14.8 Å². The van der Waals surface area contributed by atoms with Gasteiger partial charge in [0.15, 0.2) is 0 Å². The Morgan fingerprint density at radius 1 is 1.36 bits per heavy atom. The minimum Gasteiger partial charge on any atom is -0.340 e. The van der Waals surface area contributed by atoms with Crippen LogP contribution in [0.1, 0.15) is 50.9 Å². The van der Waals surface area contributed by atoms with Crippen LogP contribution in [0.25, 0.3) is 0 Å². The van der Waals surface area contributed by atoms with Gasteiger partial charge in [0.25, 0.3) is 0 Å². The molecule has 2 atom stereocenters. The summed E-state index contributed by atoms with van der Waals surface area (Å²) in [6.45, 7) is 6.13. The summed E-state index contributed by atoms with van der Waals surface area (Å²) in [4.78, 5) is 19.6. The van der Waals surface area contributed by atoms with Gasteiger partial charge in [-0.2, -0.15) is 0 Å². The Morgan fingerprint density at radius 2 is 2.12 bits per heavy atom. The van der Waals surface area contributed by atoms with E-state index in [0.29, 0.717) is 23.3 Å². The number of carbonyl (C=O) groups is 1. The lowest BCUT2D eigenvalue weighted by molar-refractivity contribution is -0.135. The zero-order valence-corrected chi connectivity index (χ0v) is 16.6. The number of aryl methyl sites for hydroxylation is 1. The number of imidazole rings is 1. The van der Waals surface area contributed by atoms with E-state index >= 15 is 0 Å². The molecule has 1 amide bonds. The summed E-state index contributed by atoms with van der Waals surface area (Å²) in [5.41, 5.74) is 0.346. The Bertz CT molecular complexity index is 585. The van der Waals surface area contributed by atoms with Crippen molar-refractivity contribution >= 4 is 30.7 Å². The summed E-state index contributed by atoms with van der Waals surface area (Å²) in [6.07, 6.45) is 10.7. The number of nitrogens with zero attached hydrogens (tertiary/aromatic N) is 3. The largest absolute Gasteiger partial charge is 0.340 e. The van der Waals surface area contributed by atoms with E-state index < -0.39 is 0 Å². The van der Waals surface area contributed by atoms with Crippen LogP contribution in [0.3, 0.4) is 0 Å². The van der Waals surface area contributed by atoms with E-state index in [-0.39, 0.29) is 24.8 Å². The number of amides is 1. The van der Waals surface area contributed by atoms with Crippen LogP contribution in [0.2, 0.25) is 0 Å². The van der Waals surface area contributed by atoms with Crippen molar-refractivity contribution in [3.63, 3.8) is 0 Å². The molecule has 1 aliphatic carbocycles. The minimum atomic E-state index is 0. The number of carbonyl (C=O) groups excluding carboxylic acids is 1. The van der Waals surface area contributed by atoms with Crippen molar-refractivity contribution in [1.29, 1.82) is 0 Å². The lowest BCUT2D eigenvalue weighted by Gasteiger charge is -2.35. The third-order valence-corrected chi connectivity index (χ3v) is 6.25. The standard InChI is InChI=1S/C18H28N4O.2ClH/c1-2-16-20-9-11-22(16)14-4-3-10-21(13-14)17(23)15-12-18(15)5-7-19-8-6-18;;/h9,11,14-15,19H,2-8,10,12-13H2,1H3;2*1H. The smallest absolute Gasteiger partial charge is 0.226 e. The average Bonchev–Trinajstić information content (AvgIpc) is 3.08. The van der Waals surface area contributed by atoms with Crippen molar-refractivity contribution in [3.05, 3.63) is 18.2 Å². The van der Waals surface area contributed by atoms with Crippen molar-refractivity contribution in [3.8, 4) is 0 Å². The third kappa shape index (κ3) is 3.83. The van der Waals surface area contributed by atoms with E-state index in [1.54, 1.807) is 0 Å². The number of likely N-dealkylation sites (tertiary alicyclic amines) is 1. The molecule has 2 saturated heterocycles. The van der Waals surface area contributed by atoms with E-state index in [1.165, 1.54) is 12.8 Å². The zero-order valence-electron chi connectivity index (χ0n) is 14.9. The molecule has 3 fully saturated rings. The quantitative estimate of drug-likeness (QED) is 0.865. The van der Waals surface area contributed by atoms with Gasteiger partial charge in [0.05, 0.1) is 6.04 Å². The Balaban J connectivity index is 0.00000113. The topological polar surface area (TPSA) is 50.2 Å². The fraction of sp³-hybridized carbons (Fsp3) is 0.778. The summed E-state index contributed by atoms with van der Waals surface area (Å²) in [5, 5.41) is 3.42. The summed E-state index contributed by atoms with van der Waals surface area (Å²) in [7, 11) is 0. The molecule has 1 spiro atoms. The second kappa shape index (κ2) is 8.28. The van der Waals surface area contributed by atoms with Crippen LogP contribution in [0, 0.1) is 11.3 Å². The molecule has 3 heterocycles. The Labute approximate surface area is 162 Å². The molecule has 1 aromatic rings. The second-order valence-electron chi connectivity index (χ2n) is 7.55. The summed E-state index contributed by atoms with van der Waals surface area (Å²) in [6, 6.07) is 0.410. The second-order valence-corrected chi connectivity index (χ2v) is 7.55. The molecule has 2 unspecified atom stereocenters. The number of nitrogens with one attached hydrogen (secondary N) is 1. The van der Waals surface area contributed by atoms with Gasteiger partial charge in [-0.1, -0.05) is 6.92 Å². The van der Waals surface area contributed by atoms with Crippen LogP contribution in [-0.4, -0.2) is 46.5 Å². The molecule has 1 N–H and O–H groups in total. The molecule has 25 heavy (non-hydrogen) atoms. The molecule has 1 saturated carbocycles. The lowest BCUT2D eigenvalue weighted by atomic mass is 9.91. The average molecular weight is 389 g/mol. The minimum absolute atomic E-state index is 0. The Hall–Kier alpha value is -0.780. The summed E-state index contributed by atoms with van der Waals surface area (Å²) >= 11 is 0. The number of hydrogen-bond acceptors (Lipinski definition) is 3. The van der Waals surface area contributed by atoms with Gasteiger partial charge in [-0.15, -0.1) is 24.8 Å².